The number of carbonyl (C=O) groups excluding carboxylic acids is 1. The third-order valence-electron chi connectivity index (χ3n) is 4.17. The summed E-state index contributed by atoms with van der Waals surface area (Å²) in [7, 11) is 1.54. The Kier molecular flexibility index (Phi) is 6.86. The first kappa shape index (κ1) is 17.8. The van der Waals surface area contributed by atoms with Crippen molar-refractivity contribution >= 4 is 5.78 Å². The van der Waals surface area contributed by atoms with E-state index in [4.69, 9.17) is 9.47 Å². The van der Waals surface area contributed by atoms with Gasteiger partial charge in [0, 0.05) is 12.1 Å². The Morgan fingerprint density at radius 2 is 1.91 bits per heavy atom. The van der Waals surface area contributed by atoms with Gasteiger partial charge >= 0.3 is 0 Å². The molecule has 23 heavy (non-hydrogen) atoms. The number of hydrogen-bond acceptors (Lipinski definition) is 5. The van der Waals surface area contributed by atoms with Crippen molar-refractivity contribution < 1.29 is 19.4 Å². The van der Waals surface area contributed by atoms with Crippen molar-refractivity contribution in [2.45, 2.75) is 38.7 Å². The van der Waals surface area contributed by atoms with Gasteiger partial charge < -0.3 is 19.5 Å². The molecule has 1 atom stereocenters. The molecule has 1 heterocycles. The topological polar surface area (TPSA) is 59.0 Å². The maximum Gasteiger partial charge on any atom is 0.161 e. The van der Waals surface area contributed by atoms with Gasteiger partial charge in [0.25, 0.3) is 0 Å². The molecule has 5 heteroatoms. The average molecular weight is 321 g/mol. The van der Waals surface area contributed by atoms with Crippen molar-refractivity contribution in [2.75, 3.05) is 33.4 Å². The molecule has 0 bridgehead atoms. The second kappa shape index (κ2) is 8.89. The molecule has 1 aromatic carbocycles. The summed E-state index contributed by atoms with van der Waals surface area (Å²) in [6.07, 6.45) is 4.43. The maximum atomic E-state index is 11.4. The first-order valence-corrected chi connectivity index (χ1v) is 8.32. The minimum absolute atomic E-state index is 0.0175. The molecule has 128 valence electrons. The molecular weight excluding hydrogens is 294 g/mol. The fourth-order valence-corrected chi connectivity index (χ4v) is 2.86. The van der Waals surface area contributed by atoms with Crippen LogP contribution in [0.25, 0.3) is 0 Å². The fourth-order valence-electron chi connectivity index (χ4n) is 2.86. The molecule has 1 aliphatic heterocycles. The molecule has 0 radical (unpaired) electrons. The fraction of sp³-hybridized carbons (Fsp3) is 0.611. The molecule has 0 aromatic heterocycles. The molecular formula is C18H27NO4. The van der Waals surface area contributed by atoms with Crippen LogP contribution in [0.15, 0.2) is 18.2 Å². The molecule has 1 fully saturated rings. The number of Topliss-reactive ketones (excluding diaryl/α,β-unsaturated/α-hetero) is 1. The quantitative estimate of drug-likeness (QED) is 0.782. The zero-order valence-corrected chi connectivity index (χ0v) is 14.1. The smallest absolute Gasteiger partial charge is 0.161 e. The van der Waals surface area contributed by atoms with Gasteiger partial charge in [0.1, 0.15) is 12.7 Å². The summed E-state index contributed by atoms with van der Waals surface area (Å²) in [6, 6.07) is 5.09. The van der Waals surface area contributed by atoms with Crippen molar-refractivity contribution in [1.82, 2.24) is 4.90 Å². The second-order valence-electron chi connectivity index (χ2n) is 6.10. The zero-order valence-electron chi connectivity index (χ0n) is 14.1. The normalized spacial score (nSPS) is 17.3. The summed E-state index contributed by atoms with van der Waals surface area (Å²) in [5, 5.41) is 10.2. The number of aliphatic hydroxyl groups is 1. The van der Waals surface area contributed by atoms with E-state index in [9.17, 15) is 9.90 Å². The van der Waals surface area contributed by atoms with E-state index in [2.05, 4.69) is 4.90 Å². The Bertz CT molecular complexity index is 510. The number of carbonyl (C=O) groups is 1. The molecule has 0 aliphatic carbocycles. The predicted molar refractivity (Wildman–Crippen MR) is 89.4 cm³/mol. The van der Waals surface area contributed by atoms with Gasteiger partial charge in [-0.25, -0.2) is 0 Å². The highest BCUT2D eigenvalue weighted by molar-refractivity contribution is 5.94. The highest BCUT2D eigenvalue weighted by Gasteiger charge is 2.15. The predicted octanol–water partition coefficient (Wildman–Crippen LogP) is 2.51. The standard InChI is InChI=1S/C18H27NO4/c1-14(20)15-7-8-17(18(11-15)22-2)23-13-16(21)12-19-9-5-3-4-6-10-19/h7-8,11,16,21H,3-6,9-10,12-13H2,1-2H3. The zero-order chi connectivity index (χ0) is 16.7. The van der Waals surface area contributed by atoms with E-state index in [-0.39, 0.29) is 12.4 Å². The number of hydrogen-bond donors (Lipinski definition) is 1. The summed E-state index contributed by atoms with van der Waals surface area (Å²) in [5.41, 5.74) is 0.583. The third kappa shape index (κ3) is 5.52. The second-order valence-corrected chi connectivity index (χ2v) is 6.10. The van der Waals surface area contributed by atoms with E-state index >= 15 is 0 Å². The minimum atomic E-state index is -0.537. The lowest BCUT2D eigenvalue weighted by molar-refractivity contribution is 0.0683. The number of benzene rings is 1. The van der Waals surface area contributed by atoms with Crippen molar-refractivity contribution in [3.8, 4) is 11.5 Å². The molecule has 0 saturated carbocycles. The Morgan fingerprint density at radius 3 is 2.52 bits per heavy atom. The molecule has 1 aromatic rings. The van der Waals surface area contributed by atoms with Gasteiger partial charge in [0.2, 0.25) is 0 Å². The van der Waals surface area contributed by atoms with Crippen LogP contribution in [-0.2, 0) is 0 Å². The van der Waals surface area contributed by atoms with E-state index in [1.165, 1.54) is 32.6 Å². The summed E-state index contributed by atoms with van der Waals surface area (Å²) in [6.45, 7) is 4.46. The highest BCUT2D eigenvalue weighted by atomic mass is 16.5. The highest BCUT2D eigenvalue weighted by Crippen LogP contribution is 2.28. The number of aliphatic hydroxyl groups excluding tert-OH is 1. The number of likely N-dealkylation sites (tertiary alicyclic amines) is 1. The number of ether oxygens (including phenoxy) is 2. The van der Waals surface area contributed by atoms with Gasteiger partial charge in [-0.2, -0.15) is 0 Å². The lowest BCUT2D eigenvalue weighted by Gasteiger charge is -2.23. The number of β-amino-alcohol motifs (C(OH)–C–C–N with tert-alkyl or cyclic N) is 1. The van der Waals surface area contributed by atoms with Crippen LogP contribution < -0.4 is 9.47 Å². The monoisotopic (exact) mass is 321 g/mol. The van der Waals surface area contributed by atoms with Crippen molar-refractivity contribution in [3.05, 3.63) is 23.8 Å². The number of methoxy groups -OCH3 is 1. The van der Waals surface area contributed by atoms with Crippen molar-refractivity contribution in [3.63, 3.8) is 0 Å². The molecule has 1 unspecified atom stereocenters. The van der Waals surface area contributed by atoms with Crippen LogP contribution in [0.5, 0.6) is 11.5 Å². The van der Waals surface area contributed by atoms with Crippen molar-refractivity contribution in [2.24, 2.45) is 0 Å². The van der Waals surface area contributed by atoms with Gasteiger partial charge in [-0.3, -0.25) is 4.79 Å². The largest absolute Gasteiger partial charge is 0.493 e. The van der Waals surface area contributed by atoms with Gasteiger partial charge in [-0.1, -0.05) is 12.8 Å². The summed E-state index contributed by atoms with van der Waals surface area (Å²) in [5.74, 6) is 1.04. The molecule has 2 rings (SSSR count). The van der Waals surface area contributed by atoms with E-state index < -0.39 is 6.10 Å². The van der Waals surface area contributed by atoms with Crippen LogP contribution in [0, 0.1) is 0 Å². The minimum Gasteiger partial charge on any atom is -0.493 e. The first-order valence-electron chi connectivity index (χ1n) is 8.32. The Balaban J connectivity index is 1.87. The Morgan fingerprint density at radius 1 is 1.22 bits per heavy atom. The van der Waals surface area contributed by atoms with Crippen LogP contribution in [0.1, 0.15) is 43.0 Å². The number of rotatable bonds is 7. The Labute approximate surface area is 138 Å². The van der Waals surface area contributed by atoms with E-state index in [0.29, 0.717) is 23.6 Å². The summed E-state index contributed by atoms with van der Waals surface area (Å²) >= 11 is 0. The lowest BCUT2D eigenvalue weighted by atomic mass is 10.1. The van der Waals surface area contributed by atoms with Crippen LogP contribution in [-0.4, -0.2) is 55.2 Å². The van der Waals surface area contributed by atoms with Crippen molar-refractivity contribution in [1.29, 1.82) is 0 Å². The van der Waals surface area contributed by atoms with Crippen LogP contribution >= 0.6 is 0 Å². The Hall–Kier alpha value is -1.59. The van der Waals surface area contributed by atoms with Crippen LogP contribution in [0.2, 0.25) is 0 Å². The first-order chi connectivity index (χ1) is 11.1. The summed E-state index contributed by atoms with van der Waals surface area (Å²) < 4.78 is 11.0. The lowest BCUT2D eigenvalue weighted by Crippen LogP contribution is -2.36. The van der Waals surface area contributed by atoms with E-state index in [1.54, 1.807) is 25.3 Å². The molecule has 1 aliphatic rings. The van der Waals surface area contributed by atoms with Gasteiger partial charge in [-0.05, 0) is 51.1 Å². The molecule has 1 saturated heterocycles. The van der Waals surface area contributed by atoms with E-state index in [1.807, 2.05) is 0 Å². The number of nitrogens with zero attached hydrogens (tertiary/aromatic N) is 1. The number of ketones is 1. The third-order valence-corrected chi connectivity index (χ3v) is 4.17. The SMILES string of the molecule is COc1cc(C(C)=O)ccc1OCC(O)CN1CCCCCC1. The molecule has 5 nitrogen and oxygen atoms in total. The molecule has 0 spiro atoms. The molecule has 0 amide bonds. The van der Waals surface area contributed by atoms with E-state index in [0.717, 1.165) is 13.1 Å². The average Bonchev–Trinajstić information content (AvgIpc) is 2.81. The molecule has 1 N–H and O–H groups in total. The van der Waals surface area contributed by atoms with Gasteiger partial charge in [-0.15, -0.1) is 0 Å². The van der Waals surface area contributed by atoms with Crippen LogP contribution in [0.3, 0.4) is 0 Å². The van der Waals surface area contributed by atoms with Crippen LogP contribution in [0.4, 0.5) is 0 Å². The summed E-state index contributed by atoms with van der Waals surface area (Å²) in [4.78, 5) is 13.7. The van der Waals surface area contributed by atoms with Gasteiger partial charge in [0.05, 0.1) is 7.11 Å². The van der Waals surface area contributed by atoms with Gasteiger partial charge in [0.15, 0.2) is 17.3 Å². The maximum absolute atomic E-state index is 11.4.